The van der Waals surface area contributed by atoms with Gasteiger partial charge in [-0.05, 0) is 50.9 Å². The lowest BCUT2D eigenvalue weighted by atomic mass is 9.68. The molecule has 118 valence electrons. The average Bonchev–Trinajstić information content (AvgIpc) is 2.36. The van der Waals surface area contributed by atoms with Gasteiger partial charge in [0.05, 0.1) is 17.6 Å². The van der Waals surface area contributed by atoms with E-state index >= 15 is 0 Å². The van der Waals surface area contributed by atoms with Crippen molar-refractivity contribution in [3.8, 4) is 0 Å². The van der Waals surface area contributed by atoms with Gasteiger partial charge < -0.3 is 15.6 Å². The molecule has 1 rings (SSSR count). The highest BCUT2D eigenvalue weighted by atomic mass is 16.5. The van der Waals surface area contributed by atoms with Gasteiger partial charge >= 0.3 is 5.97 Å². The topological polar surface area (TPSA) is 72.5 Å². The van der Waals surface area contributed by atoms with Crippen LogP contribution in [0.15, 0.2) is 0 Å². The average molecular weight is 285 g/mol. The van der Waals surface area contributed by atoms with Crippen LogP contribution >= 0.6 is 0 Å². The van der Waals surface area contributed by atoms with Gasteiger partial charge in [-0.2, -0.15) is 0 Å². The van der Waals surface area contributed by atoms with Crippen LogP contribution in [0.5, 0.6) is 0 Å². The summed E-state index contributed by atoms with van der Waals surface area (Å²) in [7, 11) is 0. The first-order chi connectivity index (χ1) is 9.02. The Kier molecular flexibility index (Phi) is 5.25. The Morgan fingerprint density at radius 2 is 1.75 bits per heavy atom. The summed E-state index contributed by atoms with van der Waals surface area (Å²) in [6.07, 6.45) is 4.07. The lowest BCUT2D eigenvalue weighted by molar-refractivity contribution is -0.158. The zero-order valence-electron chi connectivity index (χ0n) is 13.7. The predicted molar refractivity (Wildman–Crippen MR) is 80.6 cm³/mol. The summed E-state index contributed by atoms with van der Waals surface area (Å²) < 4.78 is 6.00. The number of ether oxygens (including phenoxy) is 1. The third-order valence-corrected chi connectivity index (χ3v) is 4.81. The molecule has 4 heteroatoms. The highest BCUT2D eigenvalue weighted by molar-refractivity contribution is 5.73. The number of aliphatic carboxylic acids is 1. The van der Waals surface area contributed by atoms with Crippen LogP contribution in [0, 0.1) is 16.7 Å². The zero-order chi connectivity index (χ0) is 15.6. The van der Waals surface area contributed by atoms with Gasteiger partial charge in [-0.1, -0.05) is 20.8 Å². The number of carboxylic acid groups (broad SMARTS) is 1. The fourth-order valence-electron chi connectivity index (χ4n) is 2.81. The molecule has 0 aromatic rings. The SMILES string of the molecule is CC(C)(COC1(CN)CCC(C(C)(C)C)CC1)C(=O)O. The Bertz CT molecular complexity index is 336. The minimum atomic E-state index is -0.858. The predicted octanol–water partition coefficient (Wildman–Crippen LogP) is 3.05. The molecule has 1 saturated carbocycles. The summed E-state index contributed by atoms with van der Waals surface area (Å²) in [4.78, 5) is 11.2. The second kappa shape index (κ2) is 6.02. The monoisotopic (exact) mass is 285 g/mol. The maximum atomic E-state index is 11.2. The van der Waals surface area contributed by atoms with Gasteiger partial charge in [0.2, 0.25) is 0 Å². The minimum Gasteiger partial charge on any atom is -0.481 e. The van der Waals surface area contributed by atoms with Crippen molar-refractivity contribution in [2.45, 2.75) is 65.9 Å². The zero-order valence-corrected chi connectivity index (χ0v) is 13.7. The van der Waals surface area contributed by atoms with Gasteiger partial charge in [0.15, 0.2) is 0 Å². The summed E-state index contributed by atoms with van der Waals surface area (Å²) in [5.74, 6) is -0.133. The van der Waals surface area contributed by atoms with Crippen LogP contribution in [0.1, 0.15) is 60.3 Å². The first kappa shape index (κ1) is 17.4. The molecule has 0 unspecified atom stereocenters. The van der Waals surface area contributed by atoms with Gasteiger partial charge in [0.25, 0.3) is 0 Å². The molecule has 0 amide bonds. The quantitative estimate of drug-likeness (QED) is 0.814. The van der Waals surface area contributed by atoms with E-state index < -0.39 is 11.4 Å². The molecule has 0 heterocycles. The van der Waals surface area contributed by atoms with Crippen molar-refractivity contribution in [3.05, 3.63) is 0 Å². The molecule has 3 N–H and O–H groups in total. The Morgan fingerprint density at radius 3 is 2.10 bits per heavy atom. The Morgan fingerprint density at radius 1 is 1.25 bits per heavy atom. The molecule has 1 aliphatic rings. The largest absolute Gasteiger partial charge is 0.481 e. The van der Waals surface area contributed by atoms with E-state index in [1.54, 1.807) is 13.8 Å². The van der Waals surface area contributed by atoms with Gasteiger partial charge in [-0.15, -0.1) is 0 Å². The van der Waals surface area contributed by atoms with E-state index in [4.69, 9.17) is 15.6 Å². The van der Waals surface area contributed by atoms with E-state index in [1.807, 2.05) is 0 Å². The third-order valence-electron chi connectivity index (χ3n) is 4.81. The van der Waals surface area contributed by atoms with E-state index in [1.165, 1.54) is 0 Å². The van der Waals surface area contributed by atoms with Gasteiger partial charge in [-0.25, -0.2) is 0 Å². The fraction of sp³-hybridized carbons (Fsp3) is 0.938. The molecule has 0 aromatic heterocycles. The van der Waals surface area contributed by atoms with E-state index in [0.29, 0.717) is 17.9 Å². The molecule has 0 bridgehead atoms. The number of carboxylic acids is 1. The molecular formula is C16H31NO3. The fourth-order valence-corrected chi connectivity index (χ4v) is 2.81. The van der Waals surface area contributed by atoms with Gasteiger partial charge in [0, 0.05) is 6.54 Å². The summed E-state index contributed by atoms with van der Waals surface area (Å²) in [5.41, 5.74) is 5.06. The van der Waals surface area contributed by atoms with Crippen molar-refractivity contribution >= 4 is 5.97 Å². The number of hydrogen-bond acceptors (Lipinski definition) is 3. The van der Waals surface area contributed by atoms with E-state index in [-0.39, 0.29) is 12.2 Å². The van der Waals surface area contributed by atoms with Crippen LogP contribution in [0.4, 0.5) is 0 Å². The number of nitrogens with two attached hydrogens (primary N) is 1. The maximum absolute atomic E-state index is 11.2. The summed E-state index contributed by atoms with van der Waals surface area (Å²) in [6.45, 7) is 10.9. The molecule has 0 radical (unpaired) electrons. The first-order valence-electron chi connectivity index (χ1n) is 7.60. The summed E-state index contributed by atoms with van der Waals surface area (Å²) >= 11 is 0. The first-order valence-corrected chi connectivity index (χ1v) is 7.60. The van der Waals surface area contributed by atoms with Crippen molar-refractivity contribution in [2.75, 3.05) is 13.2 Å². The second-order valence-electron chi connectivity index (χ2n) is 8.01. The van der Waals surface area contributed by atoms with Crippen molar-refractivity contribution in [3.63, 3.8) is 0 Å². The molecule has 0 aromatic carbocycles. The maximum Gasteiger partial charge on any atom is 0.311 e. The summed E-state index contributed by atoms with van der Waals surface area (Å²) in [5, 5.41) is 9.16. The van der Waals surface area contributed by atoms with Crippen molar-refractivity contribution in [2.24, 2.45) is 22.5 Å². The lowest BCUT2D eigenvalue weighted by Crippen LogP contribution is -2.47. The minimum absolute atomic E-state index is 0.222. The Balaban J connectivity index is 2.62. The lowest BCUT2D eigenvalue weighted by Gasteiger charge is -2.44. The van der Waals surface area contributed by atoms with Gasteiger partial charge in [0.1, 0.15) is 0 Å². The van der Waals surface area contributed by atoms with Crippen LogP contribution in [0.3, 0.4) is 0 Å². The normalized spacial score (nSPS) is 28.4. The van der Waals surface area contributed by atoms with Crippen LogP contribution in [-0.4, -0.2) is 29.8 Å². The van der Waals surface area contributed by atoms with Crippen molar-refractivity contribution in [1.82, 2.24) is 0 Å². The molecule has 0 aliphatic heterocycles. The molecule has 0 saturated heterocycles. The van der Waals surface area contributed by atoms with Crippen LogP contribution in [0.2, 0.25) is 0 Å². The highest BCUT2D eigenvalue weighted by Crippen LogP contribution is 2.43. The molecular weight excluding hydrogens is 254 g/mol. The van der Waals surface area contributed by atoms with E-state index in [0.717, 1.165) is 25.7 Å². The van der Waals surface area contributed by atoms with Crippen molar-refractivity contribution < 1.29 is 14.6 Å². The number of rotatable bonds is 5. The number of hydrogen-bond donors (Lipinski definition) is 2. The molecule has 20 heavy (non-hydrogen) atoms. The Labute approximate surface area is 123 Å². The van der Waals surface area contributed by atoms with Crippen LogP contribution < -0.4 is 5.73 Å². The van der Waals surface area contributed by atoms with E-state index in [9.17, 15) is 4.79 Å². The smallest absolute Gasteiger partial charge is 0.311 e. The molecule has 1 aliphatic carbocycles. The van der Waals surface area contributed by atoms with Crippen molar-refractivity contribution in [1.29, 1.82) is 0 Å². The van der Waals surface area contributed by atoms with E-state index in [2.05, 4.69) is 20.8 Å². The standard InChI is InChI=1S/C16H31NO3/c1-14(2,3)12-6-8-16(10-17,9-7-12)20-11-15(4,5)13(18)19/h12H,6-11,17H2,1-5H3,(H,18,19). The third kappa shape index (κ3) is 4.19. The molecule has 1 fully saturated rings. The molecule has 0 spiro atoms. The molecule has 0 atom stereocenters. The number of carbonyl (C=O) groups is 1. The van der Waals surface area contributed by atoms with Gasteiger partial charge in [-0.3, -0.25) is 4.79 Å². The Hall–Kier alpha value is -0.610. The highest BCUT2D eigenvalue weighted by Gasteiger charge is 2.40. The van der Waals surface area contributed by atoms with Crippen LogP contribution in [-0.2, 0) is 9.53 Å². The molecule has 4 nitrogen and oxygen atoms in total. The summed E-state index contributed by atoms with van der Waals surface area (Å²) in [6, 6.07) is 0. The van der Waals surface area contributed by atoms with Crippen LogP contribution in [0.25, 0.3) is 0 Å². The second-order valence-corrected chi connectivity index (χ2v) is 8.01.